The van der Waals surface area contributed by atoms with Crippen LogP contribution >= 0.6 is 0 Å². The normalized spacial score (nSPS) is 22.9. The monoisotopic (exact) mass is 558 g/mol. The summed E-state index contributed by atoms with van der Waals surface area (Å²) in [4.78, 5) is 18.4. The van der Waals surface area contributed by atoms with Crippen LogP contribution < -0.4 is 4.84 Å². The average Bonchev–Trinajstić information content (AvgIpc) is 3.43. The summed E-state index contributed by atoms with van der Waals surface area (Å²) in [7, 11) is 0. The lowest BCUT2D eigenvalue weighted by Gasteiger charge is -2.38. The summed E-state index contributed by atoms with van der Waals surface area (Å²) in [6.45, 7) is 0.842. The molecule has 4 heterocycles. The Balaban J connectivity index is 1.21. The van der Waals surface area contributed by atoms with E-state index in [1.165, 1.54) is 6.20 Å². The molecule has 3 aromatic heterocycles. The van der Waals surface area contributed by atoms with Crippen molar-refractivity contribution in [3.63, 3.8) is 0 Å². The van der Waals surface area contributed by atoms with E-state index in [2.05, 4.69) is 27.3 Å². The highest BCUT2D eigenvalue weighted by atomic mass is 16.8. The fourth-order valence-electron chi connectivity index (χ4n) is 4.91. The van der Waals surface area contributed by atoms with Crippen molar-refractivity contribution in [2.75, 3.05) is 6.61 Å². The highest BCUT2D eigenvalue weighted by molar-refractivity contribution is 5.79. The zero-order chi connectivity index (χ0) is 28.3. The van der Waals surface area contributed by atoms with Crippen molar-refractivity contribution in [1.29, 1.82) is 0 Å². The van der Waals surface area contributed by atoms with E-state index in [0.717, 1.165) is 38.0 Å². The summed E-state index contributed by atoms with van der Waals surface area (Å²) in [5.41, 5.74) is 4.15. The van der Waals surface area contributed by atoms with Gasteiger partial charge in [-0.3, -0.25) is 14.9 Å². The molecule has 0 saturated carbocycles. The largest absolute Gasteiger partial charge is 0.394 e. The minimum absolute atomic E-state index is 0.376. The number of aliphatic hydroxyl groups is 4. The second-order valence-corrected chi connectivity index (χ2v) is 10.1. The predicted octanol–water partition coefficient (Wildman–Crippen LogP) is 0.805. The van der Waals surface area contributed by atoms with Gasteiger partial charge in [-0.25, -0.2) is 0 Å². The summed E-state index contributed by atoms with van der Waals surface area (Å²) >= 11 is 0. The Morgan fingerprint density at radius 1 is 0.732 bits per heavy atom. The molecule has 1 saturated heterocycles. The summed E-state index contributed by atoms with van der Waals surface area (Å²) in [5, 5.41) is 50.1. The van der Waals surface area contributed by atoms with Crippen molar-refractivity contribution >= 4 is 21.8 Å². The summed E-state index contributed by atoms with van der Waals surface area (Å²) < 4.78 is 5.41. The second kappa shape index (κ2) is 11.8. The Kier molecular flexibility index (Phi) is 7.83. The first-order valence-electron chi connectivity index (χ1n) is 13.3. The van der Waals surface area contributed by atoms with Crippen molar-refractivity contribution in [3.05, 3.63) is 96.1 Å². The second-order valence-electron chi connectivity index (χ2n) is 10.1. The molecule has 12 heteroatoms. The number of hydrogen-bond donors (Lipinski definition) is 4. The summed E-state index contributed by atoms with van der Waals surface area (Å²) in [6, 6.07) is 24.0. The maximum absolute atomic E-state index is 10.3. The minimum atomic E-state index is -1.56. The lowest BCUT2D eigenvalue weighted by Crippen LogP contribution is -2.61. The van der Waals surface area contributed by atoms with Crippen LogP contribution in [0.3, 0.4) is 0 Å². The van der Waals surface area contributed by atoms with Crippen LogP contribution in [0.15, 0.2) is 79.0 Å². The number of aliphatic hydroxyl groups excluding tert-OH is 4. The quantitative estimate of drug-likeness (QED) is 0.203. The first-order chi connectivity index (χ1) is 20.0. The molecule has 0 radical (unpaired) electrons. The smallest absolute Gasteiger partial charge is 0.256 e. The topological polar surface area (TPSA) is 159 Å². The van der Waals surface area contributed by atoms with Crippen LogP contribution in [0, 0.1) is 0 Å². The van der Waals surface area contributed by atoms with E-state index >= 15 is 0 Å². The van der Waals surface area contributed by atoms with Gasteiger partial charge in [-0.1, -0.05) is 53.4 Å². The van der Waals surface area contributed by atoms with E-state index in [9.17, 15) is 20.4 Å². The van der Waals surface area contributed by atoms with E-state index in [1.54, 1.807) is 0 Å². The van der Waals surface area contributed by atoms with Gasteiger partial charge in [0.15, 0.2) is 0 Å². The fourth-order valence-corrected chi connectivity index (χ4v) is 4.91. The number of fused-ring (bicyclic) bond motifs is 2. The maximum Gasteiger partial charge on any atom is 0.256 e. The molecule has 41 heavy (non-hydrogen) atoms. The van der Waals surface area contributed by atoms with E-state index in [-0.39, 0.29) is 0 Å². The van der Waals surface area contributed by atoms with Crippen LogP contribution in [0.25, 0.3) is 21.8 Å². The van der Waals surface area contributed by atoms with Crippen LogP contribution in [0.2, 0.25) is 0 Å². The van der Waals surface area contributed by atoms with Gasteiger partial charge in [0.05, 0.1) is 35.2 Å². The van der Waals surface area contributed by atoms with Gasteiger partial charge in [0, 0.05) is 30.4 Å². The van der Waals surface area contributed by atoms with Gasteiger partial charge in [0.2, 0.25) is 0 Å². The van der Waals surface area contributed by atoms with Crippen molar-refractivity contribution in [1.82, 2.24) is 30.0 Å². The number of aromatic nitrogens is 5. The third-order valence-electron chi connectivity index (χ3n) is 7.05. The standard InChI is InChI=1S/C29H30N6O6/c36-17-25-26(37)27(38)28(39)29(40-25)41-35-16-22(32-33-35)15-34(13-20-11-9-18-5-1-3-7-23(18)30-20)14-21-12-10-19-6-2-4-8-24(19)31-21/h1-12,16,25-29,36-39H,13-15,17H2/t25-,26-,27+,28-,29+/m1/s1. The van der Waals surface area contributed by atoms with Gasteiger partial charge in [-0.2, -0.15) is 0 Å². The molecule has 212 valence electrons. The van der Waals surface area contributed by atoms with Gasteiger partial charge in [0.25, 0.3) is 6.29 Å². The molecule has 0 bridgehead atoms. The maximum atomic E-state index is 10.3. The Morgan fingerprint density at radius 3 is 1.93 bits per heavy atom. The van der Waals surface area contributed by atoms with Gasteiger partial charge >= 0.3 is 0 Å². The molecule has 4 N–H and O–H groups in total. The Hall–Kier alpha value is -4.04. The van der Waals surface area contributed by atoms with Gasteiger partial charge < -0.3 is 30.0 Å². The zero-order valence-electron chi connectivity index (χ0n) is 22.0. The van der Waals surface area contributed by atoms with Crippen molar-refractivity contribution < 1.29 is 30.0 Å². The highest BCUT2D eigenvalue weighted by Crippen LogP contribution is 2.21. The molecule has 0 unspecified atom stereocenters. The number of benzene rings is 2. The number of nitrogens with zero attached hydrogens (tertiary/aromatic N) is 6. The van der Waals surface area contributed by atoms with Crippen LogP contribution in [0.4, 0.5) is 0 Å². The Morgan fingerprint density at radius 2 is 1.32 bits per heavy atom. The highest BCUT2D eigenvalue weighted by Gasteiger charge is 2.45. The molecule has 2 aromatic carbocycles. The molecule has 0 aliphatic carbocycles. The lowest BCUT2D eigenvalue weighted by atomic mass is 9.99. The molecule has 1 aliphatic heterocycles. The molecule has 5 aromatic rings. The van der Waals surface area contributed by atoms with E-state index in [0.29, 0.717) is 25.3 Å². The molecule has 0 spiro atoms. The average molecular weight is 559 g/mol. The first-order valence-corrected chi connectivity index (χ1v) is 13.3. The molecular formula is C29H30N6O6. The SMILES string of the molecule is OC[C@H]1O[C@@H](On2cc(CN(Cc3ccc4ccccc4n3)Cc3ccc4ccccc4n3)nn2)[C@H](O)[C@@H](O)[C@@H]1O. The van der Waals surface area contributed by atoms with Crippen LogP contribution in [-0.4, -0.2) is 87.8 Å². The van der Waals surface area contributed by atoms with Crippen molar-refractivity contribution in [2.24, 2.45) is 0 Å². The van der Waals surface area contributed by atoms with E-state index in [1.807, 2.05) is 60.7 Å². The van der Waals surface area contributed by atoms with Gasteiger partial charge in [0.1, 0.15) is 30.1 Å². The molecule has 12 nitrogen and oxygen atoms in total. The van der Waals surface area contributed by atoms with E-state index in [4.69, 9.17) is 19.5 Å². The van der Waals surface area contributed by atoms with Crippen LogP contribution in [-0.2, 0) is 24.4 Å². The third-order valence-corrected chi connectivity index (χ3v) is 7.05. The minimum Gasteiger partial charge on any atom is -0.394 e. The third kappa shape index (κ3) is 6.03. The molecule has 5 atom stereocenters. The number of rotatable bonds is 9. The van der Waals surface area contributed by atoms with Crippen molar-refractivity contribution in [3.8, 4) is 0 Å². The summed E-state index contributed by atoms with van der Waals surface area (Å²) in [5.74, 6) is 0. The van der Waals surface area contributed by atoms with E-state index < -0.39 is 37.3 Å². The number of hydrogen-bond acceptors (Lipinski definition) is 11. The molecule has 1 aliphatic rings. The predicted molar refractivity (Wildman–Crippen MR) is 147 cm³/mol. The number of para-hydroxylation sites is 2. The van der Waals surface area contributed by atoms with Crippen molar-refractivity contribution in [2.45, 2.75) is 50.3 Å². The molecular weight excluding hydrogens is 528 g/mol. The first kappa shape index (κ1) is 27.1. The number of ether oxygens (including phenoxy) is 1. The molecule has 0 amide bonds. The fraction of sp³-hybridized carbons (Fsp3) is 0.310. The summed E-state index contributed by atoms with van der Waals surface area (Å²) in [6.07, 6.45) is -5.54. The molecule has 1 fully saturated rings. The Labute approximate surface area is 235 Å². The van der Waals surface area contributed by atoms with Gasteiger partial charge in [-0.15, -0.1) is 5.10 Å². The van der Waals surface area contributed by atoms with Crippen LogP contribution in [0.1, 0.15) is 17.1 Å². The van der Waals surface area contributed by atoms with Crippen LogP contribution in [0.5, 0.6) is 0 Å². The van der Waals surface area contributed by atoms with Gasteiger partial charge in [-0.05, 0) is 29.5 Å². The Bertz CT molecular complexity index is 1550. The molecule has 6 rings (SSSR count). The number of pyridine rings is 2. The lowest BCUT2D eigenvalue weighted by molar-refractivity contribution is -0.303. The zero-order valence-corrected chi connectivity index (χ0v) is 22.0.